The van der Waals surface area contributed by atoms with Crippen LogP contribution in [0.4, 0.5) is 4.79 Å². The van der Waals surface area contributed by atoms with Crippen molar-refractivity contribution < 1.29 is 28.6 Å². The Morgan fingerprint density at radius 3 is 2.12 bits per heavy atom. The molecule has 0 spiro atoms. The van der Waals surface area contributed by atoms with Crippen LogP contribution in [0.1, 0.15) is 32.8 Å². The summed E-state index contributed by atoms with van der Waals surface area (Å²) in [6, 6.07) is 7.20. The van der Waals surface area contributed by atoms with E-state index in [2.05, 4.69) is 4.74 Å². The number of esters is 1. The van der Waals surface area contributed by atoms with Gasteiger partial charge in [-0.3, -0.25) is 4.79 Å². The van der Waals surface area contributed by atoms with E-state index in [1.54, 1.807) is 40.0 Å². The summed E-state index contributed by atoms with van der Waals surface area (Å²) in [7, 11) is 2.71. The molecule has 1 aromatic carbocycles. The average molecular weight is 351 g/mol. The Morgan fingerprint density at radius 1 is 1.04 bits per heavy atom. The van der Waals surface area contributed by atoms with E-state index >= 15 is 0 Å². The maximum absolute atomic E-state index is 12.4. The molecule has 1 amide bonds. The largest absolute Gasteiger partial charge is 0.497 e. The Bertz CT molecular complexity index is 603. The van der Waals surface area contributed by atoms with Crippen LogP contribution in [0.3, 0.4) is 0 Å². The summed E-state index contributed by atoms with van der Waals surface area (Å²) in [5.74, 6) is -0.909. The molecule has 0 atom stereocenters. The Kier molecular flexibility index (Phi) is 7.42. The summed E-state index contributed by atoms with van der Waals surface area (Å²) < 4.78 is 14.9. The molecule has 0 unspecified atom stereocenters. The fourth-order valence-corrected chi connectivity index (χ4v) is 1.97. The molecule has 0 heterocycles. The molecule has 7 nitrogen and oxygen atoms in total. The number of hydrogen-bond acceptors (Lipinski definition) is 6. The predicted octanol–water partition coefficient (Wildman–Crippen LogP) is 2.56. The molecular weight excluding hydrogens is 326 g/mol. The molecule has 1 rings (SSSR count). The number of ketones is 1. The minimum absolute atomic E-state index is 0.0505. The molecule has 25 heavy (non-hydrogen) atoms. The number of nitrogens with zero attached hydrogens (tertiary/aromatic N) is 1. The number of ether oxygens (including phenoxy) is 3. The highest BCUT2D eigenvalue weighted by molar-refractivity contribution is 6.33. The van der Waals surface area contributed by atoms with Crippen LogP contribution < -0.4 is 4.74 Å². The maximum atomic E-state index is 12.4. The van der Waals surface area contributed by atoms with Crippen molar-refractivity contribution in [3.05, 3.63) is 29.8 Å². The Morgan fingerprint density at radius 2 is 1.64 bits per heavy atom. The molecular formula is C18H25NO6. The highest BCUT2D eigenvalue weighted by Crippen LogP contribution is 2.16. The normalized spacial score (nSPS) is 10.8. The van der Waals surface area contributed by atoms with Gasteiger partial charge in [0.1, 0.15) is 11.4 Å². The first-order valence-corrected chi connectivity index (χ1v) is 7.88. The van der Waals surface area contributed by atoms with Crippen LogP contribution >= 0.6 is 0 Å². The van der Waals surface area contributed by atoms with Crippen molar-refractivity contribution in [2.24, 2.45) is 0 Å². The van der Waals surface area contributed by atoms with Crippen molar-refractivity contribution in [3.8, 4) is 5.75 Å². The van der Waals surface area contributed by atoms with Gasteiger partial charge in [0.2, 0.25) is 5.78 Å². The van der Waals surface area contributed by atoms with Crippen molar-refractivity contribution in [2.75, 3.05) is 20.8 Å². The van der Waals surface area contributed by atoms with E-state index in [0.29, 0.717) is 5.75 Å². The zero-order chi connectivity index (χ0) is 19.0. The van der Waals surface area contributed by atoms with Crippen LogP contribution in [0.2, 0.25) is 0 Å². The fourth-order valence-electron chi connectivity index (χ4n) is 1.97. The van der Waals surface area contributed by atoms with Crippen LogP contribution in [0.5, 0.6) is 5.75 Å². The van der Waals surface area contributed by atoms with Gasteiger partial charge in [-0.1, -0.05) is 12.1 Å². The van der Waals surface area contributed by atoms with Crippen molar-refractivity contribution in [1.29, 1.82) is 0 Å². The van der Waals surface area contributed by atoms with E-state index in [0.717, 1.165) is 12.7 Å². The monoisotopic (exact) mass is 351 g/mol. The number of hydrogen-bond donors (Lipinski definition) is 0. The first-order chi connectivity index (χ1) is 11.7. The van der Waals surface area contributed by atoms with Crippen molar-refractivity contribution >= 4 is 17.8 Å². The van der Waals surface area contributed by atoms with Gasteiger partial charge in [0, 0.05) is 19.5 Å². The Balaban J connectivity index is 2.83. The molecule has 0 aliphatic carbocycles. The molecule has 1 aromatic rings. The third-order valence-electron chi connectivity index (χ3n) is 3.21. The van der Waals surface area contributed by atoms with Crippen LogP contribution in [-0.2, 0) is 25.6 Å². The predicted molar refractivity (Wildman–Crippen MR) is 91.3 cm³/mol. The van der Waals surface area contributed by atoms with E-state index in [4.69, 9.17) is 9.47 Å². The summed E-state index contributed by atoms with van der Waals surface area (Å²) in [5, 5.41) is 0. The maximum Gasteiger partial charge on any atom is 0.410 e. The average Bonchev–Trinajstić information content (AvgIpc) is 2.56. The minimum atomic E-state index is -0.923. The fraction of sp³-hybridized carbons (Fsp3) is 0.500. The second kappa shape index (κ2) is 9.05. The first-order valence-electron chi connectivity index (χ1n) is 7.88. The summed E-state index contributed by atoms with van der Waals surface area (Å²) in [5.41, 5.74) is 0.180. The number of amides is 1. The second-order valence-electron chi connectivity index (χ2n) is 6.41. The third-order valence-corrected chi connectivity index (χ3v) is 3.21. The lowest BCUT2D eigenvalue weighted by Gasteiger charge is -2.27. The van der Waals surface area contributed by atoms with Gasteiger partial charge in [0.25, 0.3) is 0 Å². The third kappa shape index (κ3) is 7.24. The number of carbonyl (C=O) groups is 3. The molecule has 0 radical (unpaired) electrons. The minimum Gasteiger partial charge on any atom is -0.497 e. The highest BCUT2D eigenvalue weighted by atomic mass is 16.6. The number of methoxy groups -OCH3 is 2. The zero-order valence-electron chi connectivity index (χ0n) is 15.3. The molecule has 0 aromatic heterocycles. The highest BCUT2D eigenvalue weighted by Gasteiger charge is 2.24. The molecule has 0 aliphatic rings. The van der Waals surface area contributed by atoms with E-state index in [1.165, 1.54) is 4.90 Å². The second-order valence-corrected chi connectivity index (χ2v) is 6.41. The number of carbonyl (C=O) groups excluding carboxylic acids is 3. The Hall–Kier alpha value is -2.57. The number of Topliss-reactive ketones (excluding diaryl/α,β-unsaturated/α-hetero) is 1. The Labute approximate surface area is 147 Å². The van der Waals surface area contributed by atoms with Gasteiger partial charge in [-0.05, 0) is 38.5 Å². The molecule has 0 saturated carbocycles. The van der Waals surface area contributed by atoms with Gasteiger partial charge < -0.3 is 19.1 Å². The van der Waals surface area contributed by atoms with E-state index in [1.807, 2.05) is 12.1 Å². The lowest BCUT2D eigenvalue weighted by Crippen LogP contribution is -2.38. The van der Waals surface area contributed by atoms with Crippen LogP contribution in [0.25, 0.3) is 0 Å². The SMILES string of the molecule is COC(=O)C(=O)CCN(Cc1ccc(OC)cc1)C(=O)OC(C)(C)C. The molecule has 138 valence electrons. The van der Waals surface area contributed by atoms with Crippen molar-refractivity contribution in [2.45, 2.75) is 39.3 Å². The van der Waals surface area contributed by atoms with Gasteiger partial charge in [0.15, 0.2) is 0 Å². The summed E-state index contributed by atoms with van der Waals surface area (Å²) >= 11 is 0. The van der Waals surface area contributed by atoms with Crippen LogP contribution in [0, 0.1) is 0 Å². The number of rotatable bonds is 7. The lowest BCUT2D eigenvalue weighted by molar-refractivity contribution is -0.151. The summed E-state index contributed by atoms with van der Waals surface area (Å²) in [6.45, 7) is 5.57. The molecule has 7 heteroatoms. The zero-order valence-corrected chi connectivity index (χ0v) is 15.3. The van der Waals surface area contributed by atoms with Crippen LogP contribution in [0.15, 0.2) is 24.3 Å². The van der Waals surface area contributed by atoms with Gasteiger partial charge in [0.05, 0.1) is 14.2 Å². The van der Waals surface area contributed by atoms with Crippen molar-refractivity contribution in [1.82, 2.24) is 4.90 Å². The van der Waals surface area contributed by atoms with E-state index < -0.39 is 23.4 Å². The van der Waals surface area contributed by atoms with Crippen LogP contribution in [-0.4, -0.2) is 49.1 Å². The van der Waals surface area contributed by atoms with Gasteiger partial charge in [-0.25, -0.2) is 9.59 Å². The quantitative estimate of drug-likeness (QED) is 0.555. The molecule has 0 fully saturated rings. The molecule has 0 saturated heterocycles. The van der Waals surface area contributed by atoms with Gasteiger partial charge >= 0.3 is 12.1 Å². The van der Waals surface area contributed by atoms with Gasteiger partial charge in [-0.2, -0.15) is 0 Å². The lowest BCUT2D eigenvalue weighted by atomic mass is 10.2. The summed E-state index contributed by atoms with van der Waals surface area (Å²) in [6.07, 6.45) is -0.691. The molecule has 0 aliphatic heterocycles. The van der Waals surface area contributed by atoms with E-state index in [9.17, 15) is 14.4 Å². The number of benzene rings is 1. The smallest absolute Gasteiger partial charge is 0.410 e. The molecule has 0 bridgehead atoms. The van der Waals surface area contributed by atoms with Gasteiger partial charge in [-0.15, -0.1) is 0 Å². The van der Waals surface area contributed by atoms with Crippen molar-refractivity contribution in [3.63, 3.8) is 0 Å². The molecule has 0 N–H and O–H groups in total. The summed E-state index contributed by atoms with van der Waals surface area (Å²) in [4.78, 5) is 36.7. The van der Waals surface area contributed by atoms with E-state index in [-0.39, 0.29) is 19.5 Å². The topological polar surface area (TPSA) is 82.1 Å². The standard InChI is InChI=1S/C18H25NO6/c1-18(2,3)25-17(22)19(11-10-15(20)16(21)24-5)12-13-6-8-14(23-4)9-7-13/h6-9H,10-12H2,1-5H3. The first kappa shape index (κ1) is 20.5.